The fraction of sp³-hybridized carbons (Fsp3) is 0.148. The number of nitrogens with zero attached hydrogens (tertiary/aromatic N) is 2. The molecule has 1 unspecified atom stereocenters. The minimum atomic E-state index is -1.04. The third kappa shape index (κ3) is 5.21. The predicted octanol–water partition coefficient (Wildman–Crippen LogP) is 5.91. The van der Waals surface area contributed by atoms with Crippen LogP contribution >= 0.6 is 11.3 Å². The zero-order valence-corrected chi connectivity index (χ0v) is 19.3. The van der Waals surface area contributed by atoms with Crippen LogP contribution in [0.4, 0.5) is 9.52 Å². The summed E-state index contributed by atoms with van der Waals surface area (Å²) in [4.78, 5) is 30.6. The number of benzene rings is 3. The molecule has 7 heteroatoms. The zero-order chi connectivity index (χ0) is 24.1. The highest BCUT2D eigenvalue weighted by Gasteiger charge is 2.28. The second kappa shape index (κ2) is 10.4. The summed E-state index contributed by atoms with van der Waals surface area (Å²) in [6.07, 6.45) is 0.0157. The molecule has 1 atom stereocenters. The Morgan fingerprint density at radius 3 is 2.35 bits per heavy atom. The fourth-order valence-electron chi connectivity index (χ4n) is 3.90. The number of carboxylic acids is 1. The summed E-state index contributed by atoms with van der Waals surface area (Å²) < 4.78 is 14.9. The van der Waals surface area contributed by atoms with E-state index in [0.29, 0.717) is 28.4 Å². The first-order valence-corrected chi connectivity index (χ1v) is 11.6. The van der Waals surface area contributed by atoms with Crippen LogP contribution in [0.25, 0.3) is 22.4 Å². The van der Waals surface area contributed by atoms with E-state index in [1.807, 2.05) is 66.7 Å². The first kappa shape index (κ1) is 23.3. The number of anilines is 1. The first-order chi connectivity index (χ1) is 16.4. The van der Waals surface area contributed by atoms with Gasteiger partial charge in [0.15, 0.2) is 5.13 Å². The van der Waals surface area contributed by atoms with Crippen LogP contribution in [0.3, 0.4) is 0 Å². The highest BCUT2D eigenvalue weighted by atomic mass is 32.1. The van der Waals surface area contributed by atoms with E-state index in [-0.39, 0.29) is 12.3 Å². The molecule has 0 aliphatic carbocycles. The van der Waals surface area contributed by atoms with Crippen LogP contribution in [0.1, 0.15) is 12.0 Å². The number of thiazole rings is 1. The molecule has 3 aromatic carbocycles. The number of hydrogen-bond donors (Lipinski definition) is 1. The summed E-state index contributed by atoms with van der Waals surface area (Å²) >= 11 is 1.22. The molecule has 34 heavy (non-hydrogen) atoms. The van der Waals surface area contributed by atoms with Crippen molar-refractivity contribution >= 4 is 28.3 Å². The van der Waals surface area contributed by atoms with E-state index < -0.39 is 17.7 Å². The van der Waals surface area contributed by atoms with Crippen molar-refractivity contribution in [2.75, 3.05) is 11.9 Å². The molecule has 1 aromatic heterocycles. The Kier molecular flexibility index (Phi) is 7.13. The molecule has 1 N–H and O–H groups in total. The molecule has 0 saturated carbocycles. The lowest BCUT2D eigenvalue weighted by molar-refractivity contribution is -0.140. The molecule has 0 fully saturated rings. The molecule has 4 aromatic rings. The Balaban J connectivity index is 1.63. The number of halogens is 1. The smallest absolute Gasteiger partial charge is 0.304 e. The third-order valence-electron chi connectivity index (χ3n) is 5.56. The number of aliphatic carboxylic acids is 1. The lowest BCUT2D eigenvalue weighted by Gasteiger charge is -2.21. The molecule has 0 bridgehead atoms. The molecular formula is C27H23FN2O3S. The highest BCUT2D eigenvalue weighted by Crippen LogP contribution is 2.36. The average molecular weight is 475 g/mol. The minimum absolute atomic E-state index is 0.290. The van der Waals surface area contributed by atoms with Gasteiger partial charge in [-0.2, -0.15) is 0 Å². The SMILES string of the molecule is CN(C(=O)C(CC(=O)O)Cc1ccccc1)c1nc(-c2c(F)cccc2-c2ccccc2)cs1. The number of aromatic nitrogens is 1. The molecule has 172 valence electrons. The summed E-state index contributed by atoms with van der Waals surface area (Å²) in [6, 6.07) is 23.7. The molecular weight excluding hydrogens is 451 g/mol. The van der Waals surface area contributed by atoms with Crippen molar-refractivity contribution in [2.45, 2.75) is 12.8 Å². The van der Waals surface area contributed by atoms with Gasteiger partial charge in [0.2, 0.25) is 5.91 Å². The van der Waals surface area contributed by atoms with Gasteiger partial charge in [0.05, 0.1) is 18.0 Å². The van der Waals surface area contributed by atoms with Crippen molar-refractivity contribution in [3.8, 4) is 22.4 Å². The summed E-state index contributed by atoms with van der Waals surface area (Å²) in [7, 11) is 1.57. The standard InChI is InChI=1S/C27H23FN2O3S/c1-30(26(33)20(16-24(31)32)15-18-9-4-2-5-10-18)27-29-23(17-34-27)25-21(13-8-14-22(25)28)19-11-6-3-7-12-19/h2-14,17,20H,15-16H2,1H3,(H,31,32). The molecule has 0 saturated heterocycles. The van der Waals surface area contributed by atoms with E-state index in [2.05, 4.69) is 4.98 Å². The maximum Gasteiger partial charge on any atom is 0.304 e. The van der Waals surface area contributed by atoms with Gasteiger partial charge < -0.3 is 5.11 Å². The molecule has 1 amide bonds. The van der Waals surface area contributed by atoms with Gasteiger partial charge in [-0.15, -0.1) is 11.3 Å². The van der Waals surface area contributed by atoms with Crippen molar-refractivity contribution in [3.63, 3.8) is 0 Å². The van der Waals surface area contributed by atoms with Gasteiger partial charge in [-0.25, -0.2) is 9.37 Å². The molecule has 0 aliphatic rings. The molecule has 0 radical (unpaired) electrons. The van der Waals surface area contributed by atoms with Crippen LogP contribution in [0.2, 0.25) is 0 Å². The van der Waals surface area contributed by atoms with Gasteiger partial charge >= 0.3 is 5.97 Å². The maximum atomic E-state index is 14.9. The van der Waals surface area contributed by atoms with E-state index in [1.165, 1.54) is 22.3 Å². The average Bonchev–Trinajstić information content (AvgIpc) is 3.33. The van der Waals surface area contributed by atoms with Crippen LogP contribution in [-0.4, -0.2) is 29.0 Å². The maximum absolute atomic E-state index is 14.9. The Morgan fingerprint density at radius 1 is 1.00 bits per heavy atom. The first-order valence-electron chi connectivity index (χ1n) is 10.8. The number of rotatable bonds is 8. The minimum Gasteiger partial charge on any atom is -0.481 e. The van der Waals surface area contributed by atoms with Gasteiger partial charge in [0.25, 0.3) is 0 Å². The Bertz CT molecular complexity index is 1290. The van der Waals surface area contributed by atoms with Crippen LogP contribution in [-0.2, 0) is 16.0 Å². The Labute approximate surface area is 201 Å². The van der Waals surface area contributed by atoms with E-state index in [9.17, 15) is 19.1 Å². The zero-order valence-electron chi connectivity index (χ0n) is 18.5. The van der Waals surface area contributed by atoms with Crippen LogP contribution in [0.5, 0.6) is 0 Å². The topological polar surface area (TPSA) is 70.5 Å². The van der Waals surface area contributed by atoms with E-state index in [1.54, 1.807) is 18.5 Å². The Hall–Kier alpha value is -3.84. The van der Waals surface area contributed by atoms with E-state index in [4.69, 9.17) is 0 Å². The third-order valence-corrected chi connectivity index (χ3v) is 6.48. The summed E-state index contributed by atoms with van der Waals surface area (Å²) in [5.41, 5.74) is 3.24. The quantitative estimate of drug-likeness (QED) is 0.345. The number of carbonyl (C=O) groups excluding carboxylic acids is 1. The van der Waals surface area contributed by atoms with E-state index >= 15 is 0 Å². The molecule has 0 aliphatic heterocycles. The van der Waals surface area contributed by atoms with Crippen molar-refractivity contribution in [2.24, 2.45) is 5.92 Å². The summed E-state index contributed by atoms with van der Waals surface area (Å²) in [5.74, 6) is -2.53. The van der Waals surface area contributed by atoms with Crippen LogP contribution in [0, 0.1) is 11.7 Å². The number of amides is 1. The normalized spacial score (nSPS) is 11.7. The fourth-order valence-corrected chi connectivity index (χ4v) is 4.69. The molecule has 0 spiro atoms. The van der Waals surface area contributed by atoms with Gasteiger partial charge in [-0.05, 0) is 29.2 Å². The predicted molar refractivity (Wildman–Crippen MR) is 132 cm³/mol. The van der Waals surface area contributed by atoms with Crippen LogP contribution < -0.4 is 4.90 Å². The number of carboxylic acid groups (broad SMARTS) is 1. The lowest BCUT2D eigenvalue weighted by Crippen LogP contribution is -2.35. The second-order valence-electron chi connectivity index (χ2n) is 7.93. The van der Waals surface area contributed by atoms with Crippen molar-refractivity contribution in [3.05, 3.63) is 95.6 Å². The van der Waals surface area contributed by atoms with E-state index in [0.717, 1.165) is 11.1 Å². The van der Waals surface area contributed by atoms with Crippen LogP contribution in [0.15, 0.2) is 84.2 Å². The molecule has 5 nitrogen and oxygen atoms in total. The second-order valence-corrected chi connectivity index (χ2v) is 8.76. The Morgan fingerprint density at radius 2 is 1.68 bits per heavy atom. The van der Waals surface area contributed by atoms with Gasteiger partial charge in [-0.3, -0.25) is 14.5 Å². The number of carbonyl (C=O) groups is 2. The highest BCUT2D eigenvalue weighted by molar-refractivity contribution is 7.14. The largest absolute Gasteiger partial charge is 0.481 e. The molecule has 4 rings (SSSR count). The lowest BCUT2D eigenvalue weighted by atomic mass is 9.95. The van der Waals surface area contributed by atoms with Gasteiger partial charge in [-0.1, -0.05) is 72.8 Å². The van der Waals surface area contributed by atoms with Crippen molar-refractivity contribution in [1.82, 2.24) is 4.98 Å². The van der Waals surface area contributed by atoms with Crippen molar-refractivity contribution < 1.29 is 19.1 Å². The summed E-state index contributed by atoms with van der Waals surface area (Å²) in [5, 5.41) is 11.5. The number of hydrogen-bond acceptors (Lipinski definition) is 4. The monoisotopic (exact) mass is 474 g/mol. The molecule has 1 heterocycles. The summed E-state index contributed by atoms with van der Waals surface area (Å²) in [6.45, 7) is 0. The van der Waals surface area contributed by atoms with Gasteiger partial charge in [0.1, 0.15) is 5.82 Å². The van der Waals surface area contributed by atoms with Gasteiger partial charge in [0, 0.05) is 18.0 Å². The van der Waals surface area contributed by atoms with Crippen molar-refractivity contribution in [1.29, 1.82) is 0 Å².